The summed E-state index contributed by atoms with van der Waals surface area (Å²) in [5, 5.41) is 5.16. The first kappa shape index (κ1) is 11.4. The molecule has 0 aromatic heterocycles. The number of hydrogen-bond donors (Lipinski definition) is 2. The molecule has 5 heteroatoms. The zero-order chi connectivity index (χ0) is 10.7. The van der Waals surface area contributed by atoms with Crippen molar-refractivity contribution in [2.75, 3.05) is 0 Å². The van der Waals surface area contributed by atoms with E-state index < -0.39 is 6.03 Å². The number of carbonyl (C=O) groups excluding carboxylic acids is 1. The predicted octanol–water partition coefficient (Wildman–Crippen LogP) is 1.56. The van der Waals surface area contributed by atoms with Gasteiger partial charge in [-0.25, -0.2) is 10.2 Å². The molecule has 1 heterocycles. The Morgan fingerprint density at radius 2 is 2.21 bits per heavy atom. The lowest BCUT2D eigenvalue weighted by Crippen LogP contribution is -2.34. The Morgan fingerprint density at radius 3 is 2.79 bits per heavy atom. The number of primary amides is 1. The van der Waals surface area contributed by atoms with Crippen molar-refractivity contribution in [2.24, 2.45) is 16.8 Å². The highest BCUT2D eigenvalue weighted by atomic mass is 32.2. The molecule has 0 radical (unpaired) electrons. The molecule has 1 saturated heterocycles. The van der Waals surface area contributed by atoms with Crippen LogP contribution in [0.25, 0.3) is 0 Å². The number of hydrazone groups is 1. The van der Waals surface area contributed by atoms with Crippen LogP contribution < -0.4 is 11.2 Å². The van der Waals surface area contributed by atoms with E-state index >= 15 is 0 Å². The van der Waals surface area contributed by atoms with Gasteiger partial charge in [-0.05, 0) is 6.42 Å². The van der Waals surface area contributed by atoms with Gasteiger partial charge < -0.3 is 5.73 Å². The summed E-state index contributed by atoms with van der Waals surface area (Å²) >= 11 is 1.96. The highest BCUT2D eigenvalue weighted by Crippen LogP contribution is 2.33. The SMILES string of the molecule is C[C@@H]1C/C(=N\NC(N)=O)[C@@H](C)[C@@H](C)S1. The Labute approximate surface area is 88.7 Å². The lowest BCUT2D eigenvalue weighted by molar-refractivity contribution is 0.249. The van der Waals surface area contributed by atoms with Gasteiger partial charge in [-0.2, -0.15) is 16.9 Å². The van der Waals surface area contributed by atoms with E-state index in [-0.39, 0.29) is 0 Å². The molecule has 0 unspecified atom stereocenters. The minimum absolute atomic E-state index is 0.406. The maximum atomic E-state index is 10.5. The molecule has 0 aliphatic carbocycles. The third-order valence-corrected chi connectivity index (χ3v) is 3.95. The number of hydrogen-bond acceptors (Lipinski definition) is 3. The van der Waals surface area contributed by atoms with Gasteiger partial charge in [-0.1, -0.05) is 20.8 Å². The van der Waals surface area contributed by atoms with Crippen LogP contribution in [0.3, 0.4) is 0 Å². The average Bonchev–Trinajstić information content (AvgIpc) is 2.08. The maximum absolute atomic E-state index is 10.5. The molecule has 0 saturated carbocycles. The van der Waals surface area contributed by atoms with Gasteiger partial charge in [0.25, 0.3) is 0 Å². The van der Waals surface area contributed by atoms with Crippen molar-refractivity contribution in [3.05, 3.63) is 0 Å². The number of nitrogens with zero attached hydrogens (tertiary/aromatic N) is 1. The van der Waals surface area contributed by atoms with E-state index in [4.69, 9.17) is 5.73 Å². The molecular formula is C9H17N3OS. The highest BCUT2D eigenvalue weighted by molar-refractivity contribution is 8.00. The molecule has 3 N–H and O–H groups in total. The number of urea groups is 1. The molecule has 80 valence electrons. The third kappa shape index (κ3) is 2.90. The first-order valence-electron chi connectivity index (χ1n) is 4.78. The van der Waals surface area contributed by atoms with Gasteiger partial charge in [-0.15, -0.1) is 0 Å². The molecule has 0 spiro atoms. The van der Waals surface area contributed by atoms with Crippen LogP contribution in [-0.2, 0) is 0 Å². The summed E-state index contributed by atoms with van der Waals surface area (Å²) in [6.07, 6.45) is 0.927. The Morgan fingerprint density at radius 1 is 1.57 bits per heavy atom. The zero-order valence-electron chi connectivity index (χ0n) is 8.78. The molecule has 1 rings (SSSR count). The Balaban J connectivity index is 2.65. The number of carbonyl (C=O) groups is 1. The Hall–Kier alpha value is -0.710. The number of rotatable bonds is 1. The maximum Gasteiger partial charge on any atom is 0.332 e. The van der Waals surface area contributed by atoms with Crippen LogP contribution in [-0.4, -0.2) is 22.2 Å². The molecule has 2 amide bonds. The Kier molecular flexibility index (Phi) is 3.80. The summed E-state index contributed by atoms with van der Waals surface area (Å²) in [4.78, 5) is 10.5. The molecule has 4 nitrogen and oxygen atoms in total. The number of nitrogens with two attached hydrogens (primary N) is 1. The van der Waals surface area contributed by atoms with Gasteiger partial charge in [-0.3, -0.25) is 0 Å². The summed E-state index contributed by atoms with van der Waals surface area (Å²) in [5.74, 6) is 0.406. The van der Waals surface area contributed by atoms with E-state index in [2.05, 4.69) is 31.3 Å². The summed E-state index contributed by atoms with van der Waals surface area (Å²) in [7, 11) is 0. The molecule has 14 heavy (non-hydrogen) atoms. The normalized spacial score (nSPS) is 35.6. The number of amides is 2. The molecular weight excluding hydrogens is 198 g/mol. The van der Waals surface area contributed by atoms with Crippen LogP contribution in [0.4, 0.5) is 4.79 Å². The van der Waals surface area contributed by atoms with Crippen LogP contribution in [0.15, 0.2) is 5.10 Å². The molecule has 3 atom stereocenters. The minimum atomic E-state index is -0.594. The second kappa shape index (κ2) is 4.68. The summed E-state index contributed by atoms with van der Waals surface area (Å²) in [6.45, 7) is 6.49. The standard InChI is InChI=1S/C9H17N3OS/c1-5-4-8(11-12-9(10)13)6(2)7(3)14-5/h5-7H,4H2,1-3H3,(H3,10,12,13)/b11-8+/t5-,6+,7-/m1/s1. The van der Waals surface area contributed by atoms with Crippen LogP contribution >= 0.6 is 11.8 Å². The second-order valence-corrected chi connectivity index (χ2v) is 5.54. The first-order chi connectivity index (χ1) is 6.50. The lowest BCUT2D eigenvalue weighted by Gasteiger charge is -2.30. The summed E-state index contributed by atoms with van der Waals surface area (Å²) in [5.41, 5.74) is 8.31. The Bertz CT molecular complexity index is 254. The third-order valence-electron chi connectivity index (χ3n) is 2.48. The van der Waals surface area contributed by atoms with Gasteiger partial charge >= 0.3 is 6.03 Å². The predicted molar refractivity (Wildman–Crippen MR) is 60.5 cm³/mol. The zero-order valence-corrected chi connectivity index (χ0v) is 9.60. The van der Waals surface area contributed by atoms with Crippen molar-refractivity contribution >= 4 is 23.5 Å². The molecule has 1 aliphatic heterocycles. The topological polar surface area (TPSA) is 67.5 Å². The van der Waals surface area contributed by atoms with Crippen LogP contribution in [0, 0.1) is 5.92 Å². The lowest BCUT2D eigenvalue weighted by atomic mass is 9.98. The first-order valence-corrected chi connectivity index (χ1v) is 5.72. The number of thioether (sulfide) groups is 1. The van der Waals surface area contributed by atoms with Crippen molar-refractivity contribution < 1.29 is 4.79 Å². The molecule has 0 aromatic rings. The van der Waals surface area contributed by atoms with E-state index in [1.165, 1.54) is 0 Å². The molecule has 0 bridgehead atoms. The van der Waals surface area contributed by atoms with Gasteiger partial charge in [0.2, 0.25) is 0 Å². The fourth-order valence-electron chi connectivity index (χ4n) is 1.56. The van der Waals surface area contributed by atoms with Gasteiger partial charge in [0.1, 0.15) is 0 Å². The van der Waals surface area contributed by atoms with Crippen molar-refractivity contribution in [1.82, 2.24) is 5.43 Å². The fraction of sp³-hybridized carbons (Fsp3) is 0.778. The highest BCUT2D eigenvalue weighted by Gasteiger charge is 2.27. The van der Waals surface area contributed by atoms with Crippen LogP contribution in [0.1, 0.15) is 27.2 Å². The van der Waals surface area contributed by atoms with Crippen molar-refractivity contribution in [1.29, 1.82) is 0 Å². The van der Waals surface area contributed by atoms with Gasteiger partial charge in [0.05, 0.1) is 0 Å². The van der Waals surface area contributed by atoms with Crippen molar-refractivity contribution in [2.45, 2.75) is 37.7 Å². The van der Waals surface area contributed by atoms with Crippen molar-refractivity contribution in [3.8, 4) is 0 Å². The largest absolute Gasteiger partial charge is 0.350 e. The van der Waals surface area contributed by atoms with E-state index in [1.54, 1.807) is 0 Å². The summed E-state index contributed by atoms with van der Waals surface area (Å²) < 4.78 is 0. The fourth-order valence-corrected chi connectivity index (χ4v) is 2.95. The molecule has 1 aliphatic rings. The quantitative estimate of drug-likeness (QED) is 0.652. The van der Waals surface area contributed by atoms with E-state index in [0.29, 0.717) is 16.4 Å². The summed E-state index contributed by atoms with van der Waals surface area (Å²) in [6, 6.07) is -0.594. The number of nitrogens with one attached hydrogen (secondary N) is 1. The van der Waals surface area contributed by atoms with Gasteiger partial charge in [0.15, 0.2) is 0 Å². The van der Waals surface area contributed by atoms with Gasteiger partial charge in [0, 0.05) is 22.1 Å². The van der Waals surface area contributed by atoms with E-state index in [9.17, 15) is 4.79 Å². The average molecular weight is 215 g/mol. The van der Waals surface area contributed by atoms with Crippen molar-refractivity contribution in [3.63, 3.8) is 0 Å². The smallest absolute Gasteiger partial charge is 0.332 e. The van der Waals surface area contributed by atoms with E-state index in [0.717, 1.165) is 12.1 Å². The van der Waals surface area contributed by atoms with Crippen LogP contribution in [0.5, 0.6) is 0 Å². The molecule has 1 fully saturated rings. The molecule has 0 aromatic carbocycles. The minimum Gasteiger partial charge on any atom is -0.350 e. The second-order valence-electron chi connectivity index (χ2n) is 3.72. The monoisotopic (exact) mass is 215 g/mol. The van der Waals surface area contributed by atoms with E-state index in [1.807, 2.05) is 11.8 Å². The van der Waals surface area contributed by atoms with Crippen LogP contribution in [0.2, 0.25) is 0 Å².